The Bertz CT molecular complexity index is 547. The number of morpholine rings is 2. The summed E-state index contributed by atoms with van der Waals surface area (Å²) in [6.07, 6.45) is 0.433. The van der Waals surface area contributed by atoms with E-state index in [1.807, 2.05) is 11.0 Å². The fraction of sp³-hybridized carbons (Fsp3) is 0.632. The van der Waals surface area contributed by atoms with Gasteiger partial charge in [0.05, 0.1) is 37.9 Å². The van der Waals surface area contributed by atoms with E-state index >= 15 is 0 Å². The van der Waals surface area contributed by atoms with Crippen molar-refractivity contribution in [3.8, 4) is 0 Å². The minimum Gasteiger partial charge on any atom is -0.377 e. The summed E-state index contributed by atoms with van der Waals surface area (Å²) in [4.78, 5) is 17.0. The van der Waals surface area contributed by atoms with Crippen LogP contribution in [0.15, 0.2) is 30.3 Å². The van der Waals surface area contributed by atoms with E-state index in [-0.39, 0.29) is 17.6 Å². The van der Waals surface area contributed by atoms with Crippen molar-refractivity contribution in [1.82, 2.24) is 9.80 Å². The van der Waals surface area contributed by atoms with Gasteiger partial charge in [-0.15, -0.1) is 0 Å². The summed E-state index contributed by atoms with van der Waals surface area (Å²) >= 11 is 0. The van der Waals surface area contributed by atoms with Crippen molar-refractivity contribution in [2.75, 3.05) is 39.5 Å². The first-order valence-corrected chi connectivity index (χ1v) is 8.81. The summed E-state index contributed by atoms with van der Waals surface area (Å²) < 4.78 is 11.4. The first-order valence-electron chi connectivity index (χ1n) is 8.81. The standard InChI is InChI=1S/C19H28N2O3/c1-19(2)15-23-10-9-21(19)18(22)12-17-14-20(8-11-24-17)13-16-6-4-3-5-7-16/h3-7,17H,8-15H2,1-2H3/t17-/m1/s1. The van der Waals surface area contributed by atoms with Crippen LogP contribution in [0.25, 0.3) is 0 Å². The molecule has 0 saturated carbocycles. The molecule has 5 nitrogen and oxygen atoms in total. The highest BCUT2D eigenvalue weighted by Crippen LogP contribution is 2.22. The molecule has 2 saturated heterocycles. The van der Waals surface area contributed by atoms with Crippen LogP contribution in [-0.2, 0) is 20.8 Å². The van der Waals surface area contributed by atoms with Gasteiger partial charge in [0.2, 0.25) is 5.91 Å². The summed E-state index contributed by atoms with van der Waals surface area (Å²) in [6.45, 7) is 9.36. The van der Waals surface area contributed by atoms with Crippen LogP contribution in [0.1, 0.15) is 25.8 Å². The average molecular weight is 332 g/mol. The van der Waals surface area contributed by atoms with Crippen molar-refractivity contribution in [3.63, 3.8) is 0 Å². The Kier molecular flexibility index (Phi) is 5.54. The Labute approximate surface area is 144 Å². The summed E-state index contributed by atoms with van der Waals surface area (Å²) in [5, 5.41) is 0. The fourth-order valence-electron chi connectivity index (χ4n) is 3.51. The second-order valence-corrected chi connectivity index (χ2v) is 7.33. The normalized spacial score (nSPS) is 24.8. The van der Waals surface area contributed by atoms with Gasteiger partial charge in [-0.1, -0.05) is 30.3 Å². The van der Waals surface area contributed by atoms with Crippen LogP contribution in [0.5, 0.6) is 0 Å². The Morgan fingerprint density at radius 3 is 2.75 bits per heavy atom. The monoisotopic (exact) mass is 332 g/mol. The number of ether oxygens (including phenoxy) is 2. The highest BCUT2D eigenvalue weighted by Gasteiger charge is 2.35. The van der Waals surface area contributed by atoms with Crippen molar-refractivity contribution in [3.05, 3.63) is 35.9 Å². The van der Waals surface area contributed by atoms with Gasteiger partial charge in [-0.05, 0) is 19.4 Å². The lowest BCUT2D eigenvalue weighted by molar-refractivity contribution is -0.151. The third-order valence-corrected chi connectivity index (χ3v) is 4.82. The smallest absolute Gasteiger partial charge is 0.225 e. The summed E-state index contributed by atoms with van der Waals surface area (Å²) in [5.41, 5.74) is 1.08. The minimum absolute atomic E-state index is 0.0198. The van der Waals surface area contributed by atoms with Crippen LogP contribution < -0.4 is 0 Å². The van der Waals surface area contributed by atoms with Gasteiger partial charge < -0.3 is 14.4 Å². The molecular formula is C19H28N2O3. The van der Waals surface area contributed by atoms with Gasteiger partial charge in [-0.3, -0.25) is 9.69 Å². The first-order chi connectivity index (χ1) is 11.5. The molecule has 1 amide bonds. The third-order valence-electron chi connectivity index (χ3n) is 4.82. The number of carbonyl (C=O) groups excluding carboxylic acids is 1. The van der Waals surface area contributed by atoms with Gasteiger partial charge in [-0.25, -0.2) is 0 Å². The van der Waals surface area contributed by atoms with Crippen molar-refractivity contribution < 1.29 is 14.3 Å². The average Bonchev–Trinajstić information content (AvgIpc) is 2.55. The lowest BCUT2D eigenvalue weighted by Crippen LogP contribution is -2.56. The van der Waals surface area contributed by atoms with Crippen molar-refractivity contribution in [1.29, 1.82) is 0 Å². The minimum atomic E-state index is -0.228. The lowest BCUT2D eigenvalue weighted by atomic mass is 10.0. The molecule has 3 rings (SSSR count). The van der Waals surface area contributed by atoms with Gasteiger partial charge in [0, 0.05) is 26.2 Å². The molecule has 0 bridgehead atoms. The molecule has 0 unspecified atom stereocenters. The number of hydrogen-bond acceptors (Lipinski definition) is 4. The van der Waals surface area contributed by atoms with Gasteiger partial charge in [0.1, 0.15) is 0 Å². The molecule has 0 spiro atoms. The Balaban J connectivity index is 1.54. The van der Waals surface area contributed by atoms with E-state index in [0.717, 1.165) is 19.6 Å². The SMILES string of the molecule is CC1(C)COCCN1C(=O)C[C@@H]1CN(Cc2ccccc2)CCO1. The van der Waals surface area contributed by atoms with E-state index in [4.69, 9.17) is 9.47 Å². The predicted molar refractivity (Wildman–Crippen MR) is 92.7 cm³/mol. The molecule has 24 heavy (non-hydrogen) atoms. The molecule has 1 atom stereocenters. The predicted octanol–water partition coefficient (Wildman–Crippen LogP) is 1.91. The van der Waals surface area contributed by atoms with Gasteiger partial charge in [0.15, 0.2) is 0 Å². The summed E-state index contributed by atoms with van der Waals surface area (Å²) in [5.74, 6) is 0.176. The van der Waals surface area contributed by atoms with E-state index in [1.165, 1.54) is 5.56 Å². The summed E-state index contributed by atoms with van der Waals surface area (Å²) in [6, 6.07) is 10.5. The van der Waals surface area contributed by atoms with Gasteiger partial charge in [-0.2, -0.15) is 0 Å². The van der Waals surface area contributed by atoms with Crippen LogP contribution in [-0.4, -0.2) is 66.8 Å². The summed E-state index contributed by atoms with van der Waals surface area (Å²) in [7, 11) is 0. The van der Waals surface area contributed by atoms with E-state index in [9.17, 15) is 4.79 Å². The Morgan fingerprint density at radius 1 is 1.21 bits per heavy atom. The number of carbonyl (C=O) groups is 1. The number of nitrogens with zero attached hydrogens (tertiary/aromatic N) is 2. The van der Waals surface area contributed by atoms with E-state index in [1.54, 1.807) is 0 Å². The maximum absolute atomic E-state index is 12.7. The highest BCUT2D eigenvalue weighted by molar-refractivity contribution is 5.77. The van der Waals surface area contributed by atoms with E-state index in [2.05, 4.69) is 43.0 Å². The zero-order chi connectivity index (χ0) is 17.0. The Morgan fingerprint density at radius 2 is 2.00 bits per heavy atom. The van der Waals surface area contributed by atoms with Crippen LogP contribution >= 0.6 is 0 Å². The molecule has 2 aliphatic heterocycles. The molecule has 2 aliphatic rings. The zero-order valence-corrected chi connectivity index (χ0v) is 14.7. The fourth-order valence-corrected chi connectivity index (χ4v) is 3.51. The highest BCUT2D eigenvalue weighted by atomic mass is 16.5. The number of amides is 1. The maximum atomic E-state index is 12.7. The van der Waals surface area contributed by atoms with Crippen LogP contribution in [0.2, 0.25) is 0 Å². The van der Waals surface area contributed by atoms with Gasteiger partial charge in [0.25, 0.3) is 0 Å². The van der Waals surface area contributed by atoms with Crippen molar-refractivity contribution in [2.45, 2.75) is 38.5 Å². The van der Waals surface area contributed by atoms with Crippen molar-refractivity contribution >= 4 is 5.91 Å². The van der Waals surface area contributed by atoms with Crippen LogP contribution in [0, 0.1) is 0 Å². The van der Waals surface area contributed by atoms with E-state index < -0.39 is 0 Å². The molecule has 0 radical (unpaired) electrons. The molecule has 2 heterocycles. The first kappa shape index (κ1) is 17.4. The molecule has 2 fully saturated rings. The molecule has 0 aromatic heterocycles. The zero-order valence-electron chi connectivity index (χ0n) is 14.7. The molecule has 0 aliphatic carbocycles. The van der Waals surface area contributed by atoms with Crippen LogP contribution in [0.4, 0.5) is 0 Å². The van der Waals surface area contributed by atoms with Crippen LogP contribution in [0.3, 0.4) is 0 Å². The maximum Gasteiger partial charge on any atom is 0.225 e. The largest absolute Gasteiger partial charge is 0.377 e. The molecule has 1 aromatic carbocycles. The Hall–Kier alpha value is -1.43. The molecular weight excluding hydrogens is 304 g/mol. The molecule has 1 aromatic rings. The molecule has 132 valence electrons. The molecule has 5 heteroatoms. The molecule has 0 N–H and O–H groups in total. The number of hydrogen-bond donors (Lipinski definition) is 0. The van der Waals surface area contributed by atoms with Gasteiger partial charge >= 0.3 is 0 Å². The topological polar surface area (TPSA) is 42.0 Å². The third kappa shape index (κ3) is 4.35. The number of rotatable bonds is 4. The second-order valence-electron chi connectivity index (χ2n) is 7.33. The second kappa shape index (κ2) is 7.64. The van der Waals surface area contributed by atoms with E-state index in [0.29, 0.717) is 32.8 Å². The van der Waals surface area contributed by atoms with Crippen molar-refractivity contribution in [2.24, 2.45) is 0 Å². The lowest BCUT2D eigenvalue weighted by Gasteiger charge is -2.43. The number of benzene rings is 1. The quantitative estimate of drug-likeness (QED) is 0.845.